The molecule has 1 saturated heterocycles. The monoisotopic (exact) mass is 262 g/mol. The third-order valence-electron chi connectivity index (χ3n) is 3.92. The Morgan fingerprint density at radius 3 is 2.68 bits per heavy atom. The van der Waals surface area contributed by atoms with Crippen molar-refractivity contribution in [3.05, 3.63) is 35.4 Å². The Hall–Kier alpha value is -1.39. The van der Waals surface area contributed by atoms with Crippen molar-refractivity contribution in [3.63, 3.8) is 0 Å². The maximum absolute atomic E-state index is 11.4. The van der Waals surface area contributed by atoms with Gasteiger partial charge in [-0.3, -0.25) is 0 Å². The normalized spacial score (nSPS) is 24.8. The first kappa shape index (κ1) is 14.0. The van der Waals surface area contributed by atoms with Gasteiger partial charge < -0.3 is 15.0 Å². The standard InChI is InChI=1S/C15H22N2O2/c1-11-10-14(16-8-9-17(11)2)12-4-6-13(7-5-12)15(18)19-3/h4-7,11,14,16H,8-10H2,1-3H3. The third-order valence-corrected chi connectivity index (χ3v) is 3.92. The van der Waals surface area contributed by atoms with E-state index < -0.39 is 0 Å². The minimum atomic E-state index is -0.284. The van der Waals surface area contributed by atoms with Crippen LogP contribution >= 0.6 is 0 Å². The van der Waals surface area contributed by atoms with Crippen LogP contribution in [0.1, 0.15) is 35.3 Å². The number of hydrogen-bond acceptors (Lipinski definition) is 4. The quantitative estimate of drug-likeness (QED) is 0.826. The minimum Gasteiger partial charge on any atom is -0.465 e. The lowest BCUT2D eigenvalue weighted by Gasteiger charge is -2.23. The Morgan fingerprint density at radius 2 is 2.05 bits per heavy atom. The number of hydrogen-bond donors (Lipinski definition) is 1. The molecule has 4 heteroatoms. The summed E-state index contributed by atoms with van der Waals surface area (Å²) in [7, 11) is 3.57. The maximum atomic E-state index is 11.4. The summed E-state index contributed by atoms with van der Waals surface area (Å²) >= 11 is 0. The van der Waals surface area contributed by atoms with Crippen LogP contribution in [0.2, 0.25) is 0 Å². The molecular formula is C15H22N2O2. The number of nitrogens with one attached hydrogen (secondary N) is 1. The number of carbonyl (C=O) groups is 1. The van der Waals surface area contributed by atoms with Gasteiger partial charge in [0.15, 0.2) is 0 Å². The van der Waals surface area contributed by atoms with Crippen LogP contribution in [0.4, 0.5) is 0 Å². The van der Waals surface area contributed by atoms with Crippen LogP contribution in [0.3, 0.4) is 0 Å². The van der Waals surface area contributed by atoms with Crippen molar-refractivity contribution in [2.24, 2.45) is 0 Å². The Kier molecular flexibility index (Phi) is 4.56. The number of methoxy groups -OCH3 is 1. The summed E-state index contributed by atoms with van der Waals surface area (Å²) < 4.78 is 4.71. The van der Waals surface area contributed by atoms with E-state index in [2.05, 4.69) is 24.2 Å². The van der Waals surface area contributed by atoms with Gasteiger partial charge in [-0.1, -0.05) is 12.1 Å². The third kappa shape index (κ3) is 3.33. The molecule has 0 spiro atoms. The minimum absolute atomic E-state index is 0.284. The smallest absolute Gasteiger partial charge is 0.337 e. The molecule has 1 fully saturated rings. The van der Waals surface area contributed by atoms with Gasteiger partial charge in [0.25, 0.3) is 0 Å². The molecule has 0 aromatic heterocycles. The predicted octanol–water partition coefficient (Wildman–Crippen LogP) is 1.83. The van der Waals surface area contributed by atoms with Gasteiger partial charge >= 0.3 is 5.97 Å². The fourth-order valence-corrected chi connectivity index (χ4v) is 2.46. The first-order valence-corrected chi connectivity index (χ1v) is 6.73. The summed E-state index contributed by atoms with van der Waals surface area (Å²) in [5.74, 6) is -0.284. The molecule has 1 aliphatic heterocycles. The lowest BCUT2D eigenvalue weighted by Crippen LogP contribution is -2.29. The molecule has 1 heterocycles. The molecule has 1 N–H and O–H groups in total. The van der Waals surface area contributed by atoms with Crippen molar-refractivity contribution in [2.45, 2.75) is 25.4 Å². The molecule has 1 aromatic carbocycles. The van der Waals surface area contributed by atoms with Crippen molar-refractivity contribution in [1.29, 1.82) is 0 Å². The van der Waals surface area contributed by atoms with Crippen LogP contribution in [-0.2, 0) is 4.74 Å². The number of likely N-dealkylation sites (N-methyl/N-ethyl adjacent to an activating group) is 1. The highest BCUT2D eigenvalue weighted by molar-refractivity contribution is 5.89. The van der Waals surface area contributed by atoms with Gasteiger partial charge in [-0.2, -0.15) is 0 Å². The van der Waals surface area contributed by atoms with Gasteiger partial charge in [-0.05, 0) is 38.1 Å². The Balaban J connectivity index is 2.11. The number of rotatable bonds is 2. The van der Waals surface area contributed by atoms with E-state index in [9.17, 15) is 4.79 Å². The van der Waals surface area contributed by atoms with Crippen LogP contribution < -0.4 is 5.32 Å². The summed E-state index contributed by atoms with van der Waals surface area (Å²) in [5.41, 5.74) is 1.83. The average Bonchev–Trinajstić information content (AvgIpc) is 2.60. The zero-order valence-corrected chi connectivity index (χ0v) is 11.8. The number of benzene rings is 1. The highest BCUT2D eigenvalue weighted by Crippen LogP contribution is 2.22. The molecule has 2 atom stereocenters. The lowest BCUT2D eigenvalue weighted by atomic mass is 9.99. The molecule has 0 radical (unpaired) electrons. The second kappa shape index (κ2) is 6.17. The molecule has 0 amide bonds. The first-order chi connectivity index (χ1) is 9.11. The first-order valence-electron chi connectivity index (χ1n) is 6.73. The van der Waals surface area contributed by atoms with Gasteiger partial charge in [-0.15, -0.1) is 0 Å². The highest BCUT2D eigenvalue weighted by atomic mass is 16.5. The molecule has 0 aliphatic carbocycles. The molecule has 4 nitrogen and oxygen atoms in total. The number of nitrogens with zero attached hydrogens (tertiary/aromatic N) is 1. The van der Waals surface area contributed by atoms with Crippen molar-refractivity contribution in [2.75, 3.05) is 27.2 Å². The maximum Gasteiger partial charge on any atom is 0.337 e. The van der Waals surface area contributed by atoms with Gasteiger partial charge in [0.1, 0.15) is 0 Å². The van der Waals surface area contributed by atoms with E-state index in [-0.39, 0.29) is 5.97 Å². The predicted molar refractivity (Wildman–Crippen MR) is 75.2 cm³/mol. The van der Waals surface area contributed by atoms with Crippen molar-refractivity contribution in [3.8, 4) is 0 Å². The molecule has 104 valence electrons. The Bertz CT molecular complexity index is 430. The molecule has 1 aliphatic rings. The van der Waals surface area contributed by atoms with E-state index in [0.717, 1.165) is 19.5 Å². The van der Waals surface area contributed by atoms with Crippen LogP contribution in [0.25, 0.3) is 0 Å². The van der Waals surface area contributed by atoms with Crippen LogP contribution in [0.15, 0.2) is 24.3 Å². The fourth-order valence-electron chi connectivity index (χ4n) is 2.46. The second-order valence-electron chi connectivity index (χ2n) is 5.19. The zero-order valence-electron chi connectivity index (χ0n) is 11.8. The van der Waals surface area contributed by atoms with Crippen molar-refractivity contribution in [1.82, 2.24) is 10.2 Å². The van der Waals surface area contributed by atoms with Gasteiger partial charge in [0.05, 0.1) is 12.7 Å². The summed E-state index contributed by atoms with van der Waals surface area (Å²) in [6.45, 7) is 4.31. The highest BCUT2D eigenvalue weighted by Gasteiger charge is 2.21. The van der Waals surface area contributed by atoms with E-state index in [1.165, 1.54) is 12.7 Å². The zero-order chi connectivity index (χ0) is 13.8. The van der Waals surface area contributed by atoms with E-state index in [0.29, 0.717) is 17.6 Å². The van der Waals surface area contributed by atoms with Crippen molar-refractivity contribution >= 4 is 5.97 Å². The van der Waals surface area contributed by atoms with Gasteiger partial charge in [0.2, 0.25) is 0 Å². The van der Waals surface area contributed by atoms with E-state index in [1.54, 1.807) is 0 Å². The molecular weight excluding hydrogens is 240 g/mol. The largest absolute Gasteiger partial charge is 0.465 e. The molecule has 0 bridgehead atoms. The molecule has 2 rings (SSSR count). The number of carbonyl (C=O) groups excluding carboxylic acids is 1. The van der Waals surface area contributed by atoms with Crippen LogP contribution in [-0.4, -0.2) is 44.2 Å². The fraction of sp³-hybridized carbons (Fsp3) is 0.533. The molecule has 0 saturated carbocycles. The average molecular weight is 262 g/mol. The van der Waals surface area contributed by atoms with Crippen LogP contribution in [0, 0.1) is 0 Å². The van der Waals surface area contributed by atoms with E-state index >= 15 is 0 Å². The topological polar surface area (TPSA) is 41.6 Å². The summed E-state index contributed by atoms with van der Waals surface area (Å²) in [5, 5.41) is 3.56. The number of ether oxygens (including phenoxy) is 1. The molecule has 19 heavy (non-hydrogen) atoms. The summed E-state index contributed by atoms with van der Waals surface area (Å²) in [4.78, 5) is 13.8. The van der Waals surface area contributed by atoms with Gasteiger partial charge in [-0.25, -0.2) is 4.79 Å². The molecule has 1 aromatic rings. The van der Waals surface area contributed by atoms with Crippen LogP contribution in [0.5, 0.6) is 0 Å². The van der Waals surface area contributed by atoms with E-state index in [1.807, 2.05) is 24.3 Å². The second-order valence-corrected chi connectivity index (χ2v) is 5.19. The number of esters is 1. The molecule has 2 unspecified atom stereocenters. The summed E-state index contributed by atoms with van der Waals surface area (Å²) in [6, 6.07) is 8.61. The van der Waals surface area contributed by atoms with Gasteiger partial charge in [0, 0.05) is 25.2 Å². The Morgan fingerprint density at radius 1 is 1.37 bits per heavy atom. The lowest BCUT2D eigenvalue weighted by molar-refractivity contribution is 0.0600. The Labute approximate surface area is 114 Å². The summed E-state index contributed by atoms with van der Waals surface area (Å²) in [6.07, 6.45) is 1.08. The SMILES string of the molecule is COC(=O)c1ccc(C2CC(C)N(C)CCN2)cc1. The van der Waals surface area contributed by atoms with E-state index in [4.69, 9.17) is 4.74 Å². The van der Waals surface area contributed by atoms with Crippen molar-refractivity contribution < 1.29 is 9.53 Å².